The van der Waals surface area contributed by atoms with Crippen LogP contribution in [0.15, 0.2) is 106 Å². The van der Waals surface area contributed by atoms with Gasteiger partial charge in [-0.15, -0.1) is 0 Å². The predicted molar refractivity (Wildman–Crippen MR) is 163 cm³/mol. The highest BCUT2D eigenvalue weighted by Gasteiger charge is 2.37. The van der Waals surface area contributed by atoms with Crippen LogP contribution >= 0.6 is 39.7 Å². The Balaban J connectivity index is 1.45. The predicted octanol–water partition coefficient (Wildman–Crippen LogP) is 8.65. The number of para-hydroxylation sites is 1. The molecule has 214 valence electrons. The Bertz CT molecular complexity index is 1690. The zero-order chi connectivity index (χ0) is 30.3. The number of ether oxygens (including phenoxy) is 1. The van der Waals surface area contributed by atoms with Crippen molar-refractivity contribution in [3.8, 4) is 11.5 Å². The van der Waals surface area contributed by atoms with Gasteiger partial charge in [-0.3, -0.25) is 19.8 Å². The summed E-state index contributed by atoms with van der Waals surface area (Å²) in [5.74, 6) is -0.541. The summed E-state index contributed by atoms with van der Waals surface area (Å²) in [7, 11) is 0. The first kappa shape index (κ1) is 29.8. The fourth-order valence-electron chi connectivity index (χ4n) is 4.91. The number of alkyl halides is 3. The minimum absolute atomic E-state index is 0.0506. The number of anilines is 1. The lowest BCUT2D eigenvalue weighted by atomic mass is 9.88. The maximum absolute atomic E-state index is 13.6. The maximum atomic E-state index is 13.6. The van der Waals surface area contributed by atoms with Gasteiger partial charge in [-0.1, -0.05) is 63.0 Å². The van der Waals surface area contributed by atoms with Crippen molar-refractivity contribution in [1.82, 2.24) is 5.32 Å². The highest BCUT2D eigenvalue weighted by atomic mass is 79.9. The molecular formula is C31H21BrClF3N2O3S. The van der Waals surface area contributed by atoms with Crippen molar-refractivity contribution in [1.29, 1.82) is 0 Å². The number of rotatable bonds is 5. The molecule has 1 unspecified atom stereocenters. The topological polar surface area (TPSA) is 58.6 Å². The molecule has 2 amide bonds. The van der Waals surface area contributed by atoms with Gasteiger partial charge in [-0.2, -0.15) is 13.2 Å². The van der Waals surface area contributed by atoms with Crippen molar-refractivity contribution in [2.75, 3.05) is 4.90 Å². The zero-order valence-corrected chi connectivity index (χ0v) is 25.2. The van der Waals surface area contributed by atoms with Crippen LogP contribution < -0.4 is 15.0 Å². The summed E-state index contributed by atoms with van der Waals surface area (Å²) < 4.78 is 45.9. The summed E-state index contributed by atoms with van der Waals surface area (Å²) in [5.41, 5.74) is 1.94. The second-order valence-electron chi connectivity index (χ2n) is 9.68. The van der Waals surface area contributed by atoms with Crippen LogP contribution in [0, 0.1) is 0 Å². The van der Waals surface area contributed by atoms with Crippen molar-refractivity contribution in [3.05, 3.63) is 122 Å². The molecule has 5 rings (SSSR count). The summed E-state index contributed by atoms with van der Waals surface area (Å²) in [4.78, 5) is 27.7. The smallest absolute Gasteiger partial charge is 0.416 e. The Morgan fingerprint density at radius 2 is 1.67 bits per heavy atom. The minimum Gasteiger partial charge on any atom is -0.457 e. The third kappa shape index (κ3) is 5.79. The molecule has 1 aliphatic carbocycles. The van der Waals surface area contributed by atoms with Gasteiger partial charge >= 0.3 is 6.18 Å². The minimum atomic E-state index is -4.55. The number of allylic oxidation sites excluding steroid dienone is 5. The van der Waals surface area contributed by atoms with E-state index in [1.807, 2.05) is 37.3 Å². The van der Waals surface area contributed by atoms with E-state index in [0.717, 1.165) is 17.7 Å². The first-order valence-corrected chi connectivity index (χ1v) is 14.1. The van der Waals surface area contributed by atoms with E-state index in [0.29, 0.717) is 33.9 Å². The Labute approximate surface area is 258 Å². The van der Waals surface area contributed by atoms with E-state index in [1.54, 1.807) is 37.3 Å². The number of carbonyl (C=O) groups excluding carboxylic acids is 2. The van der Waals surface area contributed by atoms with E-state index in [4.69, 9.17) is 28.6 Å². The van der Waals surface area contributed by atoms with Crippen LogP contribution in [0.2, 0.25) is 5.02 Å². The quantitative estimate of drug-likeness (QED) is 0.167. The first-order chi connectivity index (χ1) is 19.8. The van der Waals surface area contributed by atoms with E-state index < -0.39 is 29.5 Å². The molecule has 1 heterocycles. The second-order valence-corrected chi connectivity index (χ2v) is 11.3. The molecule has 0 spiro atoms. The monoisotopic (exact) mass is 672 g/mol. The van der Waals surface area contributed by atoms with Crippen LogP contribution in [0.3, 0.4) is 0 Å². The van der Waals surface area contributed by atoms with Crippen LogP contribution in [0.25, 0.3) is 0 Å². The molecule has 3 aromatic carbocycles. The summed E-state index contributed by atoms with van der Waals surface area (Å²) in [6, 6.07) is 17.8. The number of halogens is 5. The van der Waals surface area contributed by atoms with Gasteiger partial charge in [-0.25, -0.2) is 0 Å². The molecule has 1 aliphatic heterocycles. The molecule has 1 atom stereocenters. The number of hydrogen-bond acceptors (Lipinski definition) is 4. The zero-order valence-electron chi connectivity index (χ0n) is 22.1. The van der Waals surface area contributed by atoms with E-state index in [-0.39, 0.29) is 20.2 Å². The lowest BCUT2D eigenvalue weighted by molar-refractivity contribution is -0.137. The third-order valence-corrected chi connectivity index (χ3v) is 8.15. The number of benzene rings is 3. The number of amides is 2. The summed E-state index contributed by atoms with van der Waals surface area (Å²) in [6.45, 7) is 3.59. The van der Waals surface area contributed by atoms with Gasteiger partial charge < -0.3 is 4.74 Å². The lowest BCUT2D eigenvalue weighted by Crippen LogP contribution is -2.54. The van der Waals surface area contributed by atoms with E-state index in [9.17, 15) is 22.8 Å². The molecule has 0 aromatic heterocycles. The summed E-state index contributed by atoms with van der Waals surface area (Å²) in [5, 5.41) is 2.44. The Morgan fingerprint density at radius 1 is 1.02 bits per heavy atom. The lowest BCUT2D eigenvalue weighted by Gasteiger charge is -2.29. The molecule has 3 aromatic rings. The molecule has 1 saturated heterocycles. The molecule has 0 radical (unpaired) electrons. The molecule has 5 nitrogen and oxygen atoms in total. The number of nitrogens with zero attached hydrogens (tertiary/aromatic N) is 1. The van der Waals surface area contributed by atoms with Crippen molar-refractivity contribution >= 4 is 62.4 Å². The van der Waals surface area contributed by atoms with Crippen LogP contribution in [0.1, 0.15) is 30.9 Å². The van der Waals surface area contributed by atoms with Crippen LogP contribution in [0.5, 0.6) is 11.5 Å². The SMILES string of the molecule is CC1=CC(/C=C2\C(=O)NC(=S)N(c3ccc(Oc4ccccc4)cc3)C2=O)=C(C)C1c1c(Cl)cc(C(F)(F)F)cc1Br. The number of carbonyl (C=O) groups is 2. The van der Waals surface area contributed by atoms with E-state index >= 15 is 0 Å². The van der Waals surface area contributed by atoms with Crippen LogP contribution in [0.4, 0.5) is 18.9 Å². The van der Waals surface area contributed by atoms with Gasteiger partial charge in [0.15, 0.2) is 5.11 Å². The molecule has 1 fully saturated rings. The van der Waals surface area contributed by atoms with Crippen molar-refractivity contribution in [3.63, 3.8) is 0 Å². The fraction of sp³-hybridized carbons (Fsp3) is 0.129. The van der Waals surface area contributed by atoms with Gasteiger partial charge in [0.1, 0.15) is 17.1 Å². The highest BCUT2D eigenvalue weighted by molar-refractivity contribution is 9.10. The molecule has 0 saturated carbocycles. The van der Waals surface area contributed by atoms with Crippen LogP contribution in [-0.4, -0.2) is 16.9 Å². The fourth-order valence-corrected chi connectivity index (χ4v) is 6.32. The molecule has 0 bridgehead atoms. The van der Waals surface area contributed by atoms with Gasteiger partial charge in [0.25, 0.3) is 11.8 Å². The maximum Gasteiger partial charge on any atom is 0.416 e. The molecule has 11 heteroatoms. The first-order valence-electron chi connectivity index (χ1n) is 12.5. The molecular weight excluding hydrogens is 653 g/mol. The largest absolute Gasteiger partial charge is 0.457 e. The van der Waals surface area contributed by atoms with Gasteiger partial charge in [-0.05, 0) is 91.8 Å². The highest BCUT2D eigenvalue weighted by Crippen LogP contribution is 2.47. The Hall–Kier alpha value is -3.73. The van der Waals surface area contributed by atoms with Crippen molar-refractivity contribution in [2.24, 2.45) is 0 Å². The average Bonchev–Trinajstić information content (AvgIpc) is 3.19. The van der Waals surface area contributed by atoms with Crippen LogP contribution in [-0.2, 0) is 15.8 Å². The number of thiocarbonyl (C=S) groups is 1. The summed E-state index contributed by atoms with van der Waals surface area (Å²) in [6.07, 6.45) is -1.31. The molecule has 2 aliphatic rings. The van der Waals surface area contributed by atoms with Gasteiger partial charge in [0.05, 0.1) is 11.3 Å². The molecule has 1 N–H and O–H groups in total. The van der Waals surface area contributed by atoms with Crippen molar-refractivity contribution < 1.29 is 27.5 Å². The Kier molecular flexibility index (Phi) is 8.15. The van der Waals surface area contributed by atoms with Gasteiger partial charge in [0.2, 0.25) is 0 Å². The standard InChI is InChI=1S/C31H21BrClF3N2O3S/c1-16-12-18(17(2)26(16)27-24(32)14-19(15-25(27)33)31(34,35)36)13-23-28(39)37-30(42)38(29(23)40)20-8-10-22(11-9-20)41-21-6-4-3-5-7-21/h3-15,26H,1-2H3,(H,37,39,42)/b23-13+. The second kappa shape index (κ2) is 11.5. The van der Waals surface area contributed by atoms with E-state index in [1.165, 1.54) is 11.0 Å². The van der Waals surface area contributed by atoms with Crippen molar-refractivity contribution in [2.45, 2.75) is 25.9 Å². The molecule has 42 heavy (non-hydrogen) atoms. The summed E-state index contributed by atoms with van der Waals surface area (Å²) >= 11 is 14.9. The van der Waals surface area contributed by atoms with E-state index in [2.05, 4.69) is 21.2 Å². The average molecular weight is 674 g/mol. The van der Waals surface area contributed by atoms with Gasteiger partial charge in [0, 0.05) is 15.4 Å². The third-order valence-electron chi connectivity index (χ3n) is 6.90. The Morgan fingerprint density at radius 3 is 2.29 bits per heavy atom. The number of nitrogens with one attached hydrogen (secondary N) is 1. The normalized spacial score (nSPS) is 18.5. The number of hydrogen-bond donors (Lipinski definition) is 1.